The van der Waals surface area contributed by atoms with Gasteiger partial charge in [-0.05, 0) is 48.5 Å². The second-order valence-electron chi connectivity index (χ2n) is 13.8. The van der Waals surface area contributed by atoms with Crippen LogP contribution in [0.1, 0.15) is 0 Å². The summed E-state index contributed by atoms with van der Waals surface area (Å²) in [5, 5.41) is 15.8. The molecule has 0 aliphatic carbocycles. The monoisotopic (exact) mass is 720 g/mol. The average molecular weight is 721 g/mol. The van der Waals surface area contributed by atoms with E-state index in [1.54, 1.807) is 6.33 Å². The minimum atomic E-state index is 0.517. The van der Waals surface area contributed by atoms with Gasteiger partial charge in [-0.25, -0.2) is 9.97 Å². The van der Waals surface area contributed by atoms with Gasteiger partial charge in [0.25, 0.3) is 0 Å². The third-order valence-corrected chi connectivity index (χ3v) is 10.8. The lowest BCUT2D eigenvalue weighted by Crippen LogP contribution is -2.07. The van der Waals surface area contributed by atoms with Gasteiger partial charge in [-0.2, -0.15) is 4.98 Å². The van der Waals surface area contributed by atoms with Crippen molar-refractivity contribution in [3.63, 3.8) is 0 Å². The van der Waals surface area contributed by atoms with Gasteiger partial charge in [-0.3, -0.25) is 13.7 Å². The number of rotatable bonds is 5. The van der Waals surface area contributed by atoms with Crippen molar-refractivity contribution in [3.05, 3.63) is 170 Å². The van der Waals surface area contributed by atoms with Gasteiger partial charge in [0.1, 0.15) is 17.5 Å². The van der Waals surface area contributed by atoms with E-state index in [0.717, 1.165) is 94.0 Å². The molecule has 7 aromatic carbocycles. The summed E-state index contributed by atoms with van der Waals surface area (Å²) >= 11 is 0. The number of hydrogen-bond acceptors (Lipinski definition) is 6. The van der Waals surface area contributed by atoms with Crippen LogP contribution in [-0.2, 0) is 0 Å². The fourth-order valence-corrected chi connectivity index (χ4v) is 8.34. The zero-order valence-corrected chi connectivity index (χ0v) is 29.7. The SMILES string of the molecule is c1ccc(-c2nnc(-c3ccccc3)n2-c2ccc3c(c2)c2ccccc2n3-c2ncnc(-n3c4ccccc4c4c5oc6ccccc6c5ccc43)n2)cc1. The summed E-state index contributed by atoms with van der Waals surface area (Å²) in [5.41, 5.74) is 8.51. The number of fused-ring (bicyclic) bond motifs is 10. The molecule has 56 heavy (non-hydrogen) atoms. The zero-order chi connectivity index (χ0) is 36.7. The number of benzene rings is 7. The van der Waals surface area contributed by atoms with Crippen LogP contribution in [0.3, 0.4) is 0 Å². The lowest BCUT2D eigenvalue weighted by atomic mass is 10.1. The molecule has 0 radical (unpaired) electrons. The van der Waals surface area contributed by atoms with E-state index in [1.165, 1.54) is 0 Å². The average Bonchev–Trinajstić information content (AvgIpc) is 4.03. The van der Waals surface area contributed by atoms with E-state index in [2.05, 4.69) is 111 Å². The largest absolute Gasteiger partial charge is 0.455 e. The molecule has 0 saturated heterocycles. The van der Waals surface area contributed by atoms with Crippen LogP contribution in [0, 0.1) is 0 Å². The van der Waals surface area contributed by atoms with Crippen molar-refractivity contribution < 1.29 is 4.42 Å². The van der Waals surface area contributed by atoms with Gasteiger partial charge in [0.05, 0.1) is 33.1 Å². The molecule has 5 aromatic heterocycles. The molecule has 12 rings (SSSR count). The van der Waals surface area contributed by atoms with Crippen LogP contribution in [0.2, 0.25) is 0 Å². The van der Waals surface area contributed by atoms with Gasteiger partial charge in [0.2, 0.25) is 11.9 Å². The van der Waals surface area contributed by atoms with Crippen molar-refractivity contribution >= 4 is 65.6 Å². The summed E-state index contributed by atoms with van der Waals surface area (Å²) in [4.78, 5) is 14.8. The Morgan fingerprint density at radius 2 is 0.964 bits per heavy atom. The number of nitrogens with zero attached hydrogens (tertiary/aromatic N) is 8. The van der Waals surface area contributed by atoms with Gasteiger partial charge in [0, 0.05) is 38.1 Å². The third-order valence-electron chi connectivity index (χ3n) is 10.8. The first-order valence-electron chi connectivity index (χ1n) is 18.4. The minimum Gasteiger partial charge on any atom is -0.455 e. The summed E-state index contributed by atoms with van der Waals surface area (Å²) in [6, 6.07) is 56.0. The van der Waals surface area contributed by atoms with E-state index in [4.69, 9.17) is 29.6 Å². The summed E-state index contributed by atoms with van der Waals surface area (Å²) in [5.74, 6) is 2.56. The summed E-state index contributed by atoms with van der Waals surface area (Å²) < 4.78 is 12.9. The maximum atomic E-state index is 6.52. The quantitative estimate of drug-likeness (QED) is 0.176. The third kappa shape index (κ3) is 4.39. The Bertz CT molecular complexity index is 3430. The Morgan fingerprint density at radius 1 is 0.411 bits per heavy atom. The Labute approximate surface area is 318 Å². The fraction of sp³-hybridized carbons (Fsp3) is 0. The summed E-state index contributed by atoms with van der Waals surface area (Å²) in [7, 11) is 0. The Kier molecular flexibility index (Phi) is 6.43. The predicted molar refractivity (Wildman–Crippen MR) is 222 cm³/mol. The van der Waals surface area contributed by atoms with Gasteiger partial charge in [-0.1, -0.05) is 115 Å². The normalized spacial score (nSPS) is 11.9. The second-order valence-corrected chi connectivity index (χ2v) is 13.8. The second kappa shape index (κ2) is 11.8. The van der Waals surface area contributed by atoms with Crippen LogP contribution in [0.15, 0.2) is 175 Å². The lowest BCUT2D eigenvalue weighted by molar-refractivity contribution is 0.673. The molecule has 0 aliphatic rings. The lowest BCUT2D eigenvalue weighted by Gasteiger charge is -2.12. The predicted octanol–water partition coefficient (Wildman–Crippen LogP) is 10.9. The molecule has 0 amide bonds. The highest BCUT2D eigenvalue weighted by Crippen LogP contribution is 2.40. The highest BCUT2D eigenvalue weighted by molar-refractivity contribution is 6.23. The van der Waals surface area contributed by atoms with Gasteiger partial charge >= 0.3 is 0 Å². The van der Waals surface area contributed by atoms with E-state index < -0.39 is 0 Å². The number of hydrogen-bond donors (Lipinski definition) is 0. The van der Waals surface area contributed by atoms with E-state index in [9.17, 15) is 0 Å². The first kappa shape index (κ1) is 30.5. The first-order chi connectivity index (χ1) is 27.8. The van der Waals surface area contributed by atoms with Crippen molar-refractivity contribution in [1.29, 1.82) is 0 Å². The van der Waals surface area contributed by atoms with Crippen LogP contribution in [-0.4, -0.2) is 38.9 Å². The molecule has 0 aliphatic heterocycles. The highest BCUT2D eigenvalue weighted by atomic mass is 16.3. The Morgan fingerprint density at radius 3 is 1.68 bits per heavy atom. The molecule has 0 unspecified atom stereocenters. The smallest absolute Gasteiger partial charge is 0.239 e. The number of para-hydroxylation sites is 3. The zero-order valence-electron chi connectivity index (χ0n) is 29.7. The van der Waals surface area contributed by atoms with E-state index in [0.29, 0.717) is 11.9 Å². The molecule has 5 heterocycles. The molecule has 0 bridgehead atoms. The molecular weight excluding hydrogens is 693 g/mol. The van der Waals surface area contributed by atoms with Crippen molar-refractivity contribution in [1.82, 2.24) is 38.9 Å². The molecule has 9 nitrogen and oxygen atoms in total. The topological polar surface area (TPSA) is 92.4 Å². The van der Waals surface area contributed by atoms with E-state index in [1.807, 2.05) is 66.7 Å². The van der Waals surface area contributed by atoms with Crippen LogP contribution in [0.25, 0.3) is 106 Å². The molecule has 0 spiro atoms. The van der Waals surface area contributed by atoms with Crippen LogP contribution in [0.5, 0.6) is 0 Å². The van der Waals surface area contributed by atoms with Crippen molar-refractivity contribution in [2.75, 3.05) is 0 Å². The van der Waals surface area contributed by atoms with Crippen LogP contribution in [0.4, 0.5) is 0 Å². The Balaban J connectivity index is 1.07. The maximum absolute atomic E-state index is 6.52. The molecule has 12 aromatic rings. The first-order valence-corrected chi connectivity index (χ1v) is 18.4. The fourth-order valence-electron chi connectivity index (χ4n) is 8.34. The van der Waals surface area contributed by atoms with Gasteiger partial charge in [-0.15, -0.1) is 10.2 Å². The van der Waals surface area contributed by atoms with E-state index >= 15 is 0 Å². The molecular formula is C47H28N8O. The molecule has 0 saturated carbocycles. The van der Waals surface area contributed by atoms with Crippen molar-refractivity contribution in [3.8, 4) is 40.4 Å². The molecule has 0 N–H and O–H groups in total. The molecule has 0 atom stereocenters. The molecule has 262 valence electrons. The van der Waals surface area contributed by atoms with Gasteiger partial charge < -0.3 is 4.42 Å². The summed E-state index contributed by atoms with van der Waals surface area (Å²) in [6.45, 7) is 0. The molecule has 0 fully saturated rings. The van der Waals surface area contributed by atoms with Crippen LogP contribution < -0.4 is 0 Å². The van der Waals surface area contributed by atoms with Crippen molar-refractivity contribution in [2.24, 2.45) is 0 Å². The van der Waals surface area contributed by atoms with Crippen LogP contribution >= 0.6 is 0 Å². The van der Waals surface area contributed by atoms with E-state index in [-0.39, 0.29) is 0 Å². The summed E-state index contributed by atoms with van der Waals surface area (Å²) in [6.07, 6.45) is 1.60. The number of aromatic nitrogens is 8. The standard InChI is InChI=1S/C47H28N8O/c1-3-13-29(14-4-1)44-51-52-45(30-15-5-2-6-16-30)53(44)31-23-25-39-36(27-31)32-17-7-10-20-37(32)54(39)46-48-28-49-47(50-46)55-38-21-11-8-19-35(38)42-40(55)26-24-34-33-18-9-12-22-41(33)56-43(34)42/h1-28H. The minimum absolute atomic E-state index is 0.517. The molecule has 9 heteroatoms. The highest BCUT2D eigenvalue weighted by Gasteiger charge is 2.23. The maximum Gasteiger partial charge on any atom is 0.239 e. The van der Waals surface area contributed by atoms with Crippen molar-refractivity contribution in [2.45, 2.75) is 0 Å². The number of furan rings is 1. The Hall–Kier alpha value is -7.91. The van der Waals surface area contributed by atoms with Gasteiger partial charge in [0.15, 0.2) is 11.6 Å².